The summed E-state index contributed by atoms with van der Waals surface area (Å²) in [6, 6.07) is 4.16. The number of hydrogen-bond acceptors (Lipinski definition) is 5. The lowest BCUT2D eigenvalue weighted by atomic mass is 9.85. The fourth-order valence-corrected chi connectivity index (χ4v) is 4.09. The molecule has 2 aliphatic heterocycles. The van der Waals surface area contributed by atoms with E-state index in [2.05, 4.69) is 16.4 Å². The topological polar surface area (TPSA) is 80.8 Å². The highest BCUT2D eigenvalue weighted by Gasteiger charge is 2.43. The van der Waals surface area contributed by atoms with Crippen molar-refractivity contribution in [2.24, 2.45) is 5.92 Å². The molecule has 1 aliphatic carbocycles. The molecule has 166 valence electrons. The second-order valence-corrected chi connectivity index (χ2v) is 9.62. The third-order valence-corrected chi connectivity index (χ3v) is 5.84. The van der Waals surface area contributed by atoms with Crippen LogP contribution in [0.4, 0.5) is 4.79 Å². The Morgan fingerprint density at radius 3 is 2.67 bits per heavy atom. The van der Waals surface area contributed by atoms with Gasteiger partial charge >= 0.3 is 6.09 Å². The average Bonchev–Trinajstić information content (AvgIpc) is 3.50. The third kappa shape index (κ3) is 6.69. The molecule has 1 N–H and O–H groups in total. The van der Waals surface area contributed by atoms with Crippen LogP contribution in [0.3, 0.4) is 0 Å². The molecule has 1 aromatic heterocycles. The van der Waals surface area contributed by atoms with Gasteiger partial charge in [0, 0.05) is 37.9 Å². The molecule has 3 fully saturated rings. The van der Waals surface area contributed by atoms with Gasteiger partial charge in [0.2, 0.25) is 6.41 Å². The summed E-state index contributed by atoms with van der Waals surface area (Å²) in [7, 11) is 0. The Balaban J connectivity index is 0.000000234. The number of likely N-dealkylation sites (tertiary alicyclic amines) is 1. The molecule has 0 radical (unpaired) electrons. The predicted octanol–water partition coefficient (Wildman–Crippen LogP) is 3.50. The maximum atomic E-state index is 12.0. The van der Waals surface area contributed by atoms with Crippen molar-refractivity contribution in [3.63, 3.8) is 0 Å². The lowest BCUT2D eigenvalue weighted by Gasteiger charge is -2.39. The van der Waals surface area contributed by atoms with Crippen LogP contribution in [-0.4, -0.2) is 59.8 Å². The van der Waals surface area contributed by atoms with Crippen LogP contribution in [-0.2, 0) is 14.3 Å². The Morgan fingerprint density at radius 1 is 1.37 bits per heavy atom. The van der Waals surface area contributed by atoms with E-state index in [1.165, 1.54) is 18.4 Å². The largest absolute Gasteiger partial charge is 0.444 e. The van der Waals surface area contributed by atoms with Crippen molar-refractivity contribution in [3.8, 4) is 0 Å². The minimum Gasteiger partial charge on any atom is -0.444 e. The summed E-state index contributed by atoms with van der Waals surface area (Å²) in [6.07, 6.45) is 9.65. The highest BCUT2D eigenvalue weighted by Crippen LogP contribution is 2.39. The molecule has 2 saturated heterocycles. The van der Waals surface area contributed by atoms with Gasteiger partial charge in [-0.25, -0.2) is 4.79 Å². The van der Waals surface area contributed by atoms with Crippen LogP contribution >= 0.6 is 0 Å². The van der Waals surface area contributed by atoms with Crippen LogP contribution in [0.5, 0.6) is 0 Å². The zero-order chi connectivity index (χ0) is 21.6. The molecule has 7 heteroatoms. The summed E-state index contributed by atoms with van der Waals surface area (Å²) < 4.78 is 11.4. The Kier molecular flexibility index (Phi) is 7.34. The molecule has 4 rings (SSSR count). The minimum absolute atomic E-state index is 0.117. The van der Waals surface area contributed by atoms with Crippen LogP contribution in [0, 0.1) is 5.92 Å². The number of ether oxygens (including phenoxy) is 2. The summed E-state index contributed by atoms with van der Waals surface area (Å²) >= 11 is 0. The van der Waals surface area contributed by atoms with Gasteiger partial charge in [0.1, 0.15) is 5.60 Å². The number of aromatic nitrogens is 1. The fourth-order valence-electron chi connectivity index (χ4n) is 4.09. The first-order valence-electron chi connectivity index (χ1n) is 11.0. The van der Waals surface area contributed by atoms with Crippen LogP contribution < -0.4 is 5.32 Å². The SMILES string of the molecule is CC(C)(C)OC(=O)N1CCC2(CC1)CC(CNC=O)CO2.c1cncc(C2CC2)c1. The van der Waals surface area contributed by atoms with Crippen molar-refractivity contribution < 1.29 is 19.1 Å². The first-order chi connectivity index (χ1) is 14.3. The normalized spacial score (nSPS) is 22.8. The molecule has 30 heavy (non-hydrogen) atoms. The number of carbonyl (C=O) groups excluding carboxylic acids is 2. The van der Waals surface area contributed by atoms with Crippen molar-refractivity contribution in [3.05, 3.63) is 30.1 Å². The van der Waals surface area contributed by atoms with E-state index < -0.39 is 5.60 Å². The van der Waals surface area contributed by atoms with Crippen molar-refractivity contribution in [2.75, 3.05) is 26.2 Å². The first-order valence-corrected chi connectivity index (χ1v) is 11.0. The standard InChI is InChI=1S/C15H26N2O4.C8H9N/c1-14(2,3)21-13(19)17-6-4-15(5-7-17)8-12(10-20-15)9-16-11-18;1-2-8(6-9-5-1)7-3-4-7/h11-12H,4-10H2,1-3H3,(H,16,18);1-2,5-7H,3-4H2. The van der Waals surface area contributed by atoms with Gasteiger partial charge in [-0.05, 0) is 70.4 Å². The first kappa shape index (κ1) is 22.5. The smallest absolute Gasteiger partial charge is 0.410 e. The maximum Gasteiger partial charge on any atom is 0.410 e. The zero-order valence-corrected chi connectivity index (χ0v) is 18.4. The molecule has 1 saturated carbocycles. The summed E-state index contributed by atoms with van der Waals surface area (Å²) in [5, 5.41) is 2.72. The maximum absolute atomic E-state index is 12.0. The molecule has 0 aromatic carbocycles. The number of carbonyl (C=O) groups is 2. The Labute approximate surface area is 179 Å². The van der Waals surface area contributed by atoms with E-state index in [1.54, 1.807) is 4.90 Å². The molecular weight excluding hydrogens is 382 g/mol. The van der Waals surface area contributed by atoms with Crippen molar-refractivity contribution in [1.29, 1.82) is 0 Å². The number of hydrogen-bond donors (Lipinski definition) is 1. The van der Waals surface area contributed by atoms with E-state index >= 15 is 0 Å². The van der Waals surface area contributed by atoms with Crippen molar-refractivity contribution >= 4 is 12.5 Å². The highest BCUT2D eigenvalue weighted by atomic mass is 16.6. The molecule has 3 heterocycles. The van der Waals surface area contributed by atoms with Gasteiger partial charge in [-0.2, -0.15) is 0 Å². The number of piperidine rings is 1. The fraction of sp³-hybridized carbons (Fsp3) is 0.696. The van der Waals surface area contributed by atoms with Gasteiger partial charge in [-0.3, -0.25) is 9.78 Å². The van der Waals surface area contributed by atoms with E-state index in [-0.39, 0.29) is 11.7 Å². The van der Waals surface area contributed by atoms with Gasteiger partial charge in [-0.15, -0.1) is 0 Å². The molecule has 0 bridgehead atoms. The van der Waals surface area contributed by atoms with E-state index in [4.69, 9.17) is 9.47 Å². The summed E-state index contributed by atoms with van der Waals surface area (Å²) in [5.74, 6) is 1.22. The van der Waals surface area contributed by atoms with E-state index in [9.17, 15) is 9.59 Å². The van der Waals surface area contributed by atoms with Crippen molar-refractivity contribution in [1.82, 2.24) is 15.2 Å². The second kappa shape index (κ2) is 9.77. The number of pyridine rings is 1. The van der Waals surface area contributed by atoms with E-state index in [1.807, 2.05) is 39.2 Å². The molecule has 1 atom stereocenters. The number of nitrogens with one attached hydrogen (secondary N) is 1. The molecule has 1 spiro atoms. The van der Waals surface area contributed by atoms with Gasteiger partial charge in [0.25, 0.3) is 0 Å². The highest BCUT2D eigenvalue weighted by molar-refractivity contribution is 5.68. The average molecular weight is 418 g/mol. The lowest BCUT2D eigenvalue weighted by molar-refractivity contribution is -0.109. The number of rotatable bonds is 4. The van der Waals surface area contributed by atoms with Gasteiger partial charge in [0.15, 0.2) is 0 Å². The van der Waals surface area contributed by atoms with Crippen LogP contribution in [0.2, 0.25) is 0 Å². The minimum atomic E-state index is -0.457. The predicted molar refractivity (Wildman–Crippen MR) is 114 cm³/mol. The van der Waals surface area contributed by atoms with Crippen LogP contribution in [0.15, 0.2) is 24.5 Å². The van der Waals surface area contributed by atoms with Gasteiger partial charge in [-0.1, -0.05) is 6.07 Å². The van der Waals surface area contributed by atoms with E-state index in [0.717, 1.165) is 31.6 Å². The molecule has 1 unspecified atom stereocenters. The monoisotopic (exact) mass is 417 g/mol. The Bertz CT molecular complexity index is 692. The molecule has 1 aromatic rings. The molecule has 7 nitrogen and oxygen atoms in total. The van der Waals surface area contributed by atoms with Crippen LogP contribution in [0.1, 0.15) is 64.4 Å². The second-order valence-electron chi connectivity index (χ2n) is 9.62. The third-order valence-electron chi connectivity index (χ3n) is 5.84. The quantitative estimate of drug-likeness (QED) is 0.759. The van der Waals surface area contributed by atoms with Gasteiger partial charge in [0.05, 0.1) is 12.2 Å². The lowest BCUT2D eigenvalue weighted by Crippen LogP contribution is -2.48. The van der Waals surface area contributed by atoms with Crippen LogP contribution in [0.25, 0.3) is 0 Å². The molecule has 2 amide bonds. The summed E-state index contributed by atoms with van der Waals surface area (Å²) in [5.41, 5.74) is 0.840. The molecular formula is C23H35N3O4. The molecule has 3 aliphatic rings. The van der Waals surface area contributed by atoms with Gasteiger partial charge < -0.3 is 19.7 Å². The Morgan fingerprint density at radius 2 is 2.10 bits per heavy atom. The van der Waals surface area contributed by atoms with E-state index in [0.29, 0.717) is 32.2 Å². The number of amides is 2. The Hall–Kier alpha value is -2.15. The zero-order valence-electron chi connectivity index (χ0n) is 18.4. The summed E-state index contributed by atoms with van der Waals surface area (Å²) in [6.45, 7) is 8.32. The van der Waals surface area contributed by atoms with Crippen molar-refractivity contribution in [2.45, 2.75) is 70.0 Å². The summed E-state index contributed by atoms with van der Waals surface area (Å²) in [4.78, 5) is 28.2. The number of nitrogens with zero attached hydrogens (tertiary/aromatic N) is 2.